The lowest BCUT2D eigenvalue weighted by Gasteiger charge is -2.28. The SMILES string of the molecule is CCNC(=O)[C@H](C)N(Cc1ccc(F)cc1)C(=O)COc1ccc(CC)cc1Br. The first-order chi connectivity index (χ1) is 13.8. The number of hydrogen-bond donors (Lipinski definition) is 1. The van der Waals surface area contributed by atoms with Gasteiger partial charge in [-0.25, -0.2) is 4.39 Å². The molecule has 0 spiro atoms. The average Bonchev–Trinajstić information content (AvgIpc) is 2.71. The maximum absolute atomic E-state index is 13.2. The molecule has 0 bridgehead atoms. The molecule has 0 saturated carbocycles. The molecule has 0 aliphatic carbocycles. The van der Waals surface area contributed by atoms with Gasteiger partial charge in [0.2, 0.25) is 5.91 Å². The van der Waals surface area contributed by atoms with Gasteiger partial charge in [0.15, 0.2) is 6.61 Å². The van der Waals surface area contributed by atoms with Crippen LogP contribution in [0.2, 0.25) is 0 Å². The highest BCUT2D eigenvalue weighted by molar-refractivity contribution is 9.10. The fraction of sp³-hybridized carbons (Fsp3) is 0.364. The second-order valence-corrected chi connectivity index (χ2v) is 7.48. The molecule has 156 valence electrons. The predicted octanol–water partition coefficient (Wildman–Crippen LogP) is 4.08. The lowest BCUT2D eigenvalue weighted by Crippen LogP contribution is -2.49. The van der Waals surface area contributed by atoms with Crippen molar-refractivity contribution in [3.8, 4) is 5.75 Å². The van der Waals surface area contributed by atoms with Crippen molar-refractivity contribution in [2.45, 2.75) is 39.8 Å². The van der Waals surface area contributed by atoms with Crippen LogP contribution in [0.5, 0.6) is 5.75 Å². The van der Waals surface area contributed by atoms with Crippen molar-refractivity contribution in [1.82, 2.24) is 10.2 Å². The largest absolute Gasteiger partial charge is 0.483 e. The van der Waals surface area contributed by atoms with Crippen molar-refractivity contribution in [3.05, 3.63) is 63.9 Å². The number of benzene rings is 2. The number of likely N-dealkylation sites (N-methyl/N-ethyl adjacent to an activating group) is 1. The summed E-state index contributed by atoms with van der Waals surface area (Å²) in [6.07, 6.45) is 0.896. The Kier molecular flexibility index (Phi) is 8.64. The van der Waals surface area contributed by atoms with E-state index >= 15 is 0 Å². The van der Waals surface area contributed by atoms with Crippen LogP contribution in [0, 0.1) is 5.82 Å². The summed E-state index contributed by atoms with van der Waals surface area (Å²) in [5.41, 5.74) is 1.88. The number of aryl methyl sites for hydroxylation is 1. The van der Waals surface area contributed by atoms with Crippen molar-refractivity contribution in [2.24, 2.45) is 0 Å². The normalized spacial score (nSPS) is 11.6. The molecule has 0 fully saturated rings. The Bertz CT molecular complexity index is 842. The summed E-state index contributed by atoms with van der Waals surface area (Å²) in [6.45, 7) is 5.97. The van der Waals surface area contributed by atoms with Crippen LogP contribution in [-0.4, -0.2) is 35.9 Å². The molecular weight excluding hydrogens is 439 g/mol. The van der Waals surface area contributed by atoms with Crippen molar-refractivity contribution < 1.29 is 18.7 Å². The number of amides is 2. The van der Waals surface area contributed by atoms with E-state index in [0.717, 1.165) is 22.0 Å². The van der Waals surface area contributed by atoms with Gasteiger partial charge in [0.25, 0.3) is 5.91 Å². The van der Waals surface area contributed by atoms with E-state index in [2.05, 4.69) is 28.2 Å². The van der Waals surface area contributed by atoms with Crippen LogP contribution in [0.15, 0.2) is 46.9 Å². The molecule has 1 atom stereocenters. The van der Waals surface area contributed by atoms with E-state index in [1.165, 1.54) is 17.0 Å². The van der Waals surface area contributed by atoms with Gasteiger partial charge in [-0.1, -0.05) is 25.1 Å². The highest BCUT2D eigenvalue weighted by Gasteiger charge is 2.26. The number of nitrogens with zero attached hydrogens (tertiary/aromatic N) is 1. The van der Waals surface area contributed by atoms with Crippen LogP contribution in [0.25, 0.3) is 0 Å². The molecule has 29 heavy (non-hydrogen) atoms. The summed E-state index contributed by atoms with van der Waals surface area (Å²) in [5.74, 6) is -0.383. The standard InChI is InChI=1S/C22H26BrFN2O3/c1-4-16-8-11-20(19(23)12-16)29-14-21(27)26(15(3)22(28)25-5-2)13-17-6-9-18(24)10-7-17/h6-12,15H,4-5,13-14H2,1-3H3,(H,25,28)/t15-/m0/s1. The number of halogens is 2. The number of nitrogens with one attached hydrogen (secondary N) is 1. The van der Waals surface area contributed by atoms with Crippen LogP contribution in [0.1, 0.15) is 31.9 Å². The molecule has 2 rings (SSSR count). The average molecular weight is 465 g/mol. The van der Waals surface area contributed by atoms with E-state index in [1.807, 2.05) is 25.1 Å². The molecule has 7 heteroatoms. The molecule has 0 heterocycles. The first-order valence-electron chi connectivity index (χ1n) is 9.58. The molecule has 0 aromatic heterocycles. The number of carbonyl (C=O) groups is 2. The third kappa shape index (κ3) is 6.56. The zero-order valence-electron chi connectivity index (χ0n) is 16.9. The summed E-state index contributed by atoms with van der Waals surface area (Å²) in [7, 11) is 0. The van der Waals surface area contributed by atoms with E-state index in [9.17, 15) is 14.0 Å². The third-order valence-electron chi connectivity index (χ3n) is 4.54. The Morgan fingerprint density at radius 1 is 1.14 bits per heavy atom. The smallest absolute Gasteiger partial charge is 0.261 e. The Morgan fingerprint density at radius 3 is 2.38 bits per heavy atom. The summed E-state index contributed by atoms with van der Waals surface area (Å²) in [5, 5.41) is 2.73. The van der Waals surface area contributed by atoms with Crippen molar-refractivity contribution in [2.75, 3.05) is 13.2 Å². The fourth-order valence-corrected chi connectivity index (χ4v) is 3.34. The molecule has 0 saturated heterocycles. The molecule has 0 unspecified atom stereocenters. The van der Waals surface area contributed by atoms with E-state index in [0.29, 0.717) is 12.3 Å². The van der Waals surface area contributed by atoms with E-state index < -0.39 is 6.04 Å². The Labute approximate surface area is 179 Å². The molecular formula is C22H26BrFN2O3. The van der Waals surface area contributed by atoms with Gasteiger partial charge < -0.3 is 15.0 Å². The van der Waals surface area contributed by atoms with Crippen LogP contribution in [0.4, 0.5) is 4.39 Å². The molecule has 2 aromatic rings. The first kappa shape index (κ1) is 22.9. The number of carbonyl (C=O) groups excluding carboxylic acids is 2. The van der Waals surface area contributed by atoms with Gasteiger partial charge >= 0.3 is 0 Å². The molecule has 0 radical (unpaired) electrons. The maximum Gasteiger partial charge on any atom is 0.261 e. The summed E-state index contributed by atoms with van der Waals surface area (Å²) < 4.78 is 19.7. The zero-order valence-corrected chi connectivity index (χ0v) is 18.5. The molecule has 0 aliphatic heterocycles. The number of hydrogen-bond acceptors (Lipinski definition) is 3. The van der Waals surface area contributed by atoms with E-state index in [-0.39, 0.29) is 30.8 Å². The molecule has 1 N–H and O–H groups in total. The Balaban J connectivity index is 2.14. The van der Waals surface area contributed by atoms with Gasteiger partial charge in [-0.05, 0) is 71.6 Å². The maximum atomic E-state index is 13.2. The quantitative estimate of drug-likeness (QED) is 0.607. The minimum Gasteiger partial charge on any atom is -0.483 e. The lowest BCUT2D eigenvalue weighted by molar-refractivity contribution is -0.142. The fourth-order valence-electron chi connectivity index (χ4n) is 2.79. The van der Waals surface area contributed by atoms with E-state index in [1.54, 1.807) is 19.1 Å². The zero-order chi connectivity index (χ0) is 21.4. The van der Waals surface area contributed by atoms with Crippen LogP contribution < -0.4 is 10.1 Å². The summed E-state index contributed by atoms with van der Waals surface area (Å²) in [4.78, 5) is 26.7. The van der Waals surface area contributed by atoms with Crippen molar-refractivity contribution in [1.29, 1.82) is 0 Å². The Hall–Kier alpha value is -2.41. The molecule has 2 aromatic carbocycles. The highest BCUT2D eigenvalue weighted by Crippen LogP contribution is 2.26. The van der Waals surface area contributed by atoms with Gasteiger partial charge in [-0.15, -0.1) is 0 Å². The lowest BCUT2D eigenvalue weighted by atomic mass is 10.1. The third-order valence-corrected chi connectivity index (χ3v) is 5.16. The monoisotopic (exact) mass is 464 g/mol. The van der Waals surface area contributed by atoms with Gasteiger partial charge in [0, 0.05) is 13.1 Å². The molecule has 5 nitrogen and oxygen atoms in total. The summed E-state index contributed by atoms with van der Waals surface area (Å²) in [6, 6.07) is 10.9. The first-order valence-corrected chi connectivity index (χ1v) is 10.4. The Morgan fingerprint density at radius 2 is 1.79 bits per heavy atom. The second kappa shape index (κ2) is 11.0. The highest BCUT2D eigenvalue weighted by atomic mass is 79.9. The minimum absolute atomic E-state index is 0.177. The summed E-state index contributed by atoms with van der Waals surface area (Å²) >= 11 is 3.46. The second-order valence-electron chi connectivity index (χ2n) is 6.63. The van der Waals surface area contributed by atoms with Gasteiger partial charge in [0.1, 0.15) is 17.6 Å². The number of rotatable bonds is 9. The van der Waals surface area contributed by atoms with Crippen LogP contribution in [-0.2, 0) is 22.6 Å². The van der Waals surface area contributed by atoms with Gasteiger partial charge in [-0.3, -0.25) is 9.59 Å². The van der Waals surface area contributed by atoms with Crippen LogP contribution in [0.3, 0.4) is 0 Å². The van der Waals surface area contributed by atoms with Gasteiger partial charge in [0.05, 0.1) is 4.47 Å². The predicted molar refractivity (Wildman–Crippen MR) is 114 cm³/mol. The van der Waals surface area contributed by atoms with Crippen LogP contribution >= 0.6 is 15.9 Å². The van der Waals surface area contributed by atoms with Crippen molar-refractivity contribution in [3.63, 3.8) is 0 Å². The minimum atomic E-state index is -0.693. The molecule has 2 amide bonds. The number of ether oxygens (including phenoxy) is 1. The molecule has 0 aliphatic rings. The van der Waals surface area contributed by atoms with E-state index in [4.69, 9.17) is 4.74 Å². The topological polar surface area (TPSA) is 58.6 Å². The van der Waals surface area contributed by atoms with Gasteiger partial charge in [-0.2, -0.15) is 0 Å². The van der Waals surface area contributed by atoms with Crippen molar-refractivity contribution >= 4 is 27.7 Å².